The maximum absolute atomic E-state index is 11.9. The summed E-state index contributed by atoms with van der Waals surface area (Å²) in [6.45, 7) is 0. The average molecular weight is 545 g/mol. The van der Waals surface area contributed by atoms with Gasteiger partial charge in [0.2, 0.25) is 33.7 Å². The molecule has 0 saturated heterocycles. The largest absolute Gasteiger partial charge is 0.368 e. The van der Waals surface area contributed by atoms with Crippen LogP contribution in [-0.2, 0) is 20.2 Å². The Kier molecular flexibility index (Phi) is 6.52. The van der Waals surface area contributed by atoms with Crippen LogP contribution in [0.2, 0.25) is 15.9 Å². The Hall–Kier alpha value is -2.67. The van der Waals surface area contributed by atoms with E-state index < -0.39 is 41.4 Å². The van der Waals surface area contributed by atoms with Gasteiger partial charge >= 0.3 is 0 Å². The lowest BCUT2D eigenvalue weighted by Crippen LogP contribution is -2.12. The van der Waals surface area contributed by atoms with Crippen LogP contribution in [0.15, 0.2) is 21.9 Å². The van der Waals surface area contributed by atoms with Crippen LogP contribution in [0.5, 0.6) is 0 Å². The Labute approximate surface area is 193 Å². The lowest BCUT2D eigenvalue weighted by Gasteiger charge is -2.15. The Morgan fingerprint density at radius 1 is 0.688 bits per heavy atom. The molecule has 1 aromatic carbocycles. The molecule has 0 aliphatic rings. The van der Waals surface area contributed by atoms with Gasteiger partial charge < -0.3 is 16.4 Å². The first-order chi connectivity index (χ1) is 14.7. The number of hydrogen-bond donors (Lipinski definition) is 5. The number of rotatable bonds is 6. The summed E-state index contributed by atoms with van der Waals surface area (Å²) in [5, 5.41) is 3.73. The number of nitrogens with zero attached hydrogens (tertiary/aromatic N) is 6. The highest BCUT2D eigenvalue weighted by Gasteiger charge is 2.26. The van der Waals surface area contributed by atoms with E-state index in [2.05, 4.69) is 40.5 Å². The fraction of sp³-hybridized carbons (Fsp3) is 0. The third-order valence-electron chi connectivity index (χ3n) is 3.34. The number of anilines is 5. The second-order valence-electron chi connectivity index (χ2n) is 5.53. The zero-order valence-electron chi connectivity index (χ0n) is 14.9. The van der Waals surface area contributed by atoms with Gasteiger partial charge in [-0.2, -0.15) is 46.7 Å². The molecule has 0 unspecified atom stereocenters. The van der Waals surface area contributed by atoms with E-state index in [-0.39, 0.29) is 33.7 Å². The molecule has 20 heteroatoms. The minimum absolute atomic E-state index is 0.330. The summed E-state index contributed by atoms with van der Waals surface area (Å²) in [5.41, 5.74) is 4.53. The van der Waals surface area contributed by atoms with Gasteiger partial charge in [0.1, 0.15) is 9.79 Å². The van der Waals surface area contributed by atoms with E-state index in [1.54, 1.807) is 0 Å². The quantitative estimate of drug-likeness (QED) is 0.277. The number of nitrogens with one attached hydrogen (secondary N) is 2. The number of halogens is 3. The molecule has 3 rings (SSSR count). The van der Waals surface area contributed by atoms with Gasteiger partial charge in [-0.25, -0.2) is 0 Å². The third kappa shape index (κ3) is 5.76. The highest BCUT2D eigenvalue weighted by Crippen LogP contribution is 2.34. The van der Waals surface area contributed by atoms with E-state index in [9.17, 15) is 25.9 Å². The summed E-state index contributed by atoms with van der Waals surface area (Å²) in [5.74, 6) is -1.05. The number of benzene rings is 1. The standard InChI is InChI=1S/C12H8Cl3N9O6S2/c13-7-19-8(14)22-11(21-7)17-3-1-4(18-12-23-9(15)20-10(16)24-12)6(32(28,29)30)2-5(3)31(25,26)27/h1-2H,(H,25,26,27)(H,28,29,30)(H,17,19,21,22)(H3,16,18,20,23,24). The zero-order chi connectivity index (χ0) is 23.8. The van der Waals surface area contributed by atoms with E-state index in [1.807, 2.05) is 0 Å². The van der Waals surface area contributed by atoms with Gasteiger partial charge in [0.25, 0.3) is 20.2 Å². The molecule has 3 aromatic rings. The first-order valence-electron chi connectivity index (χ1n) is 7.63. The summed E-state index contributed by atoms with van der Waals surface area (Å²) in [7, 11) is -10.1. The fourth-order valence-electron chi connectivity index (χ4n) is 2.23. The zero-order valence-corrected chi connectivity index (χ0v) is 18.8. The van der Waals surface area contributed by atoms with Crippen molar-refractivity contribution in [1.29, 1.82) is 0 Å². The van der Waals surface area contributed by atoms with E-state index in [0.29, 0.717) is 6.07 Å². The lowest BCUT2D eigenvalue weighted by molar-refractivity contribution is 0.482. The molecule has 0 fully saturated rings. The molecule has 2 aromatic heterocycles. The summed E-state index contributed by atoms with van der Waals surface area (Å²) in [6.07, 6.45) is 0. The SMILES string of the molecule is Nc1nc(Cl)nc(Nc2cc(Nc3nc(Cl)nc(Cl)n3)c(S(=O)(=O)O)cc2S(=O)(=O)O)n1. The van der Waals surface area contributed by atoms with Crippen LogP contribution in [0.3, 0.4) is 0 Å². The molecule has 170 valence electrons. The molecule has 0 aliphatic heterocycles. The minimum Gasteiger partial charge on any atom is -0.368 e. The Bertz CT molecular complexity index is 1290. The summed E-state index contributed by atoms with van der Waals surface area (Å²) < 4.78 is 66.6. The van der Waals surface area contributed by atoms with E-state index >= 15 is 0 Å². The van der Waals surface area contributed by atoms with Crippen LogP contribution in [-0.4, -0.2) is 55.8 Å². The minimum atomic E-state index is -5.04. The van der Waals surface area contributed by atoms with Crippen molar-refractivity contribution in [2.75, 3.05) is 16.4 Å². The number of aromatic nitrogens is 6. The van der Waals surface area contributed by atoms with E-state index in [4.69, 9.17) is 40.5 Å². The molecule has 0 bridgehead atoms. The predicted molar refractivity (Wildman–Crippen MR) is 112 cm³/mol. The van der Waals surface area contributed by atoms with Crippen molar-refractivity contribution in [3.63, 3.8) is 0 Å². The summed E-state index contributed by atoms with van der Waals surface area (Å²) in [4.78, 5) is 19.8. The van der Waals surface area contributed by atoms with Gasteiger partial charge in [-0.05, 0) is 46.9 Å². The third-order valence-corrected chi connectivity index (χ3v) is 5.63. The molecule has 0 atom stereocenters. The van der Waals surface area contributed by atoms with Crippen LogP contribution < -0.4 is 16.4 Å². The molecule has 15 nitrogen and oxygen atoms in total. The van der Waals surface area contributed by atoms with Gasteiger partial charge in [0.15, 0.2) is 0 Å². The molecule has 2 heterocycles. The predicted octanol–water partition coefficient (Wildman–Crippen LogP) is 1.58. The van der Waals surface area contributed by atoms with Crippen molar-refractivity contribution < 1.29 is 25.9 Å². The average Bonchev–Trinajstić information content (AvgIpc) is 2.57. The molecule has 0 amide bonds. The Balaban J connectivity index is 2.23. The van der Waals surface area contributed by atoms with Crippen molar-refractivity contribution >= 4 is 84.3 Å². The first kappa shape index (κ1) is 24.0. The highest BCUT2D eigenvalue weighted by molar-refractivity contribution is 7.86. The van der Waals surface area contributed by atoms with E-state index in [1.165, 1.54) is 0 Å². The molecule has 0 radical (unpaired) electrons. The maximum atomic E-state index is 11.9. The van der Waals surface area contributed by atoms with Crippen LogP contribution in [0.4, 0.5) is 29.2 Å². The second kappa shape index (κ2) is 8.70. The van der Waals surface area contributed by atoms with Gasteiger partial charge in [-0.1, -0.05) is 0 Å². The number of nitrogen functional groups attached to an aromatic ring is 1. The molecule has 0 aliphatic carbocycles. The van der Waals surface area contributed by atoms with Crippen LogP contribution in [0.25, 0.3) is 0 Å². The maximum Gasteiger partial charge on any atom is 0.296 e. The first-order valence-corrected chi connectivity index (χ1v) is 11.6. The van der Waals surface area contributed by atoms with E-state index in [0.717, 1.165) is 6.07 Å². The smallest absolute Gasteiger partial charge is 0.296 e. The van der Waals surface area contributed by atoms with Crippen LogP contribution >= 0.6 is 34.8 Å². The molecular formula is C12H8Cl3N9O6S2. The van der Waals surface area contributed by atoms with Gasteiger partial charge in [-0.15, -0.1) is 0 Å². The normalized spacial score (nSPS) is 11.9. The highest BCUT2D eigenvalue weighted by atomic mass is 35.5. The summed E-state index contributed by atoms with van der Waals surface area (Å²) in [6, 6.07) is 1.30. The summed E-state index contributed by atoms with van der Waals surface area (Å²) >= 11 is 17.0. The topological polar surface area (TPSA) is 236 Å². The van der Waals surface area contributed by atoms with Gasteiger partial charge in [0.05, 0.1) is 11.4 Å². The monoisotopic (exact) mass is 543 g/mol. The molecule has 0 spiro atoms. The number of nitrogens with two attached hydrogens (primary N) is 1. The van der Waals surface area contributed by atoms with Crippen molar-refractivity contribution in [3.8, 4) is 0 Å². The van der Waals surface area contributed by atoms with Gasteiger partial charge in [0, 0.05) is 0 Å². The Morgan fingerprint density at radius 3 is 1.50 bits per heavy atom. The molecular weight excluding hydrogens is 537 g/mol. The lowest BCUT2D eigenvalue weighted by atomic mass is 10.2. The molecule has 0 saturated carbocycles. The number of hydrogen-bond acceptors (Lipinski definition) is 13. The molecule has 6 N–H and O–H groups in total. The Morgan fingerprint density at radius 2 is 1.09 bits per heavy atom. The second-order valence-corrected chi connectivity index (χ2v) is 9.32. The van der Waals surface area contributed by atoms with Crippen molar-refractivity contribution in [3.05, 3.63) is 28.0 Å². The fourth-order valence-corrected chi connectivity index (χ4v) is 4.14. The van der Waals surface area contributed by atoms with Crippen LogP contribution in [0, 0.1) is 0 Å². The van der Waals surface area contributed by atoms with Gasteiger partial charge in [-0.3, -0.25) is 9.11 Å². The van der Waals surface area contributed by atoms with Crippen molar-refractivity contribution in [1.82, 2.24) is 29.9 Å². The van der Waals surface area contributed by atoms with Crippen molar-refractivity contribution in [2.24, 2.45) is 0 Å². The van der Waals surface area contributed by atoms with Crippen molar-refractivity contribution in [2.45, 2.75) is 9.79 Å². The molecule has 32 heavy (non-hydrogen) atoms. The van der Waals surface area contributed by atoms with Crippen LogP contribution in [0.1, 0.15) is 0 Å².